The van der Waals surface area contributed by atoms with Gasteiger partial charge >= 0.3 is 0 Å². The number of hydrogen-bond donors (Lipinski definition) is 1. The highest BCUT2D eigenvalue weighted by Crippen LogP contribution is 2.25. The van der Waals surface area contributed by atoms with Gasteiger partial charge in [-0.05, 0) is 26.8 Å². The van der Waals surface area contributed by atoms with Gasteiger partial charge in [-0.2, -0.15) is 0 Å². The standard InChI is InChI=1S/C15H33N3/c1-5-7-8-9-15(3,13-16)18-11-10-17(4)14(6-2)12-18/h14H,5-13,16H2,1-4H3. The van der Waals surface area contributed by atoms with Crippen LogP contribution in [0.3, 0.4) is 0 Å². The Morgan fingerprint density at radius 2 is 1.94 bits per heavy atom. The molecule has 1 heterocycles. The maximum atomic E-state index is 6.09. The molecule has 0 aliphatic carbocycles. The van der Waals surface area contributed by atoms with Crippen LogP contribution in [-0.4, -0.2) is 54.6 Å². The van der Waals surface area contributed by atoms with Crippen LogP contribution in [0.1, 0.15) is 52.9 Å². The van der Waals surface area contributed by atoms with Crippen LogP contribution in [0.25, 0.3) is 0 Å². The first-order valence-corrected chi connectivity index (χ1v) is 7.72. The van der Waals surface area contributed by atoms with E-state index in [1.54, 1.807) is 0 Å². The average Bonchev–Trinajstić information content (AvgIpc) is 2.39. The van der Waals surface area contributed by atoms with Gasteiger partial charge in [0.25, 0.3) is 0 Å². The van der Waals surface area contributed by atoms with E-state index in [1.807, 2.05) is 0 Å². The molecule has 1 aliphatic heterocycles. The SMILES string of the molecule is CCCCCC(C)(CN)N1CCN(C)C(CC)C1. The summed E-state index contributed by atoms with van der Waals surface area (Å²) in [5.41, 5.74) is 6.30. The van der Waals surface area contributed by atoms with E-state index < -0.39 is 0 Å². The first-order valence-electron chi connectivity index (χ1n) is 7.72. The second-order valence-corrected chi connectivity index (χ2v) is 6.15. The molecule has 2 N–H and O–H groups in total. The summed E-state index contributed by atoms with van der Waals surface area (Å²) in [6.07, 6.45) is 6.43. The predicted molar refractivity (Wildman–Crippen MR) is 79.9 cm³/mol. The summed E-state index contributed by atoms with van der Waals surface area (Å²) in [7, 11) is 2.25. The van der Waals surface area contributed by atoms with Gasteiger partial charge in [-0.3, -0.25) is 4.90 Å². The van der Waals surface area contributed by atoms with Crippen LogP contribution in [0, 0.1) is 0 Å². The third-order valence-electron chi connectivity index (χ3n) is 4.77. The fourth-order valence-corrected chi connectivity index (χ4v) is 3.02. The lowest BCUT2D eigenvalue weighted by Crippen LogP contribution is -2.61. The molecule has 0 aromatic carbocycles. The quantitative estimate of drug-likeness (QED) is 0.709. The predicted octanol–water partition coefficient (Wildman–Crippen LogP) is 2.31. The Hall–Kier alpha value is -0.120. The van der Waals surface area contributed by atoms with Gasteiger partial charge in [0.1, 0.15) is 0 Å². The minimum absolute atomic E-state index is 0.212. The van der Waals surface area contributed by atoms with Crippen LogP contribution in [-0.2, 0) is 0 Å². The molecule has 3 nitrogen and oxygen atoms in total. The number of likely N-dealkylation sites (N-methyl/N-ethyl adjacent to an activating group) is 1. The molecule has 108 valence electrons. The zero-order valence-corrected chi connectivity index (χ0v) is 12.9. The van der Waals surface area contributed by atoms with E-state index in [-0.39, 0.29) is 5.54 Å². The zero-order chi connectivity index (χ0) is 13.6. The summed E-state index contributed by atoms with van der Waals surface area (Å²) in [5.74, 6) is 0. The van der Waals surface area contributed by atoms with Crippen molar-refractivity contribution in [2.75, 3.05) is 33.2 Å². The molecule has 18 heavy (non-hydrogen) atoms. The first kappa shape index (κ1) is 15.9. The van der Waals surface area contributed by atoms with Crippen molar-refractivity contribution in [1.82, 2.24) is 9.80 Å². The highest BCUT2D eigenvalue weighted by Gasteiger charge is 2.34. The van der Waals surface area contributed by atoms with Crippen molar-refractivity contribution < 1.29 is 0 Å². The monoisotopic (exact) mass is 255 g/mol. The van der Waals surface area contributed by atoms with Gasteiger partial charge in [-0.15, -0.1) is 0 Å². The second kappa shape index (κ2) is 7.46. The summed E-state index contributed by atoms with van der Waals surface area (Å²) in [6, 6.07) is 0.704. The molecule has 0 amide bonds. The molecule has 2 atom stereocenters. The Kier molecular flexibility index (Phi) is 6.61. The maximum Gasteiger partial charge on any atom is 0.0304 e. The van der Waals surface area contributed by atoms with Crippen molar-refractivity contribution >= 4 is 0 Å². The molecule has 0 spiro atoms. The minimum atomic E-state index is 0.212. The Labute approximate surface area is 114 Å². The van der Waals surface area contributed by atoms with E-state index in [1.165, 1.54) is 51.7 Å². The molecule has 1 saturated heterocycles. The van der Waals surface area contributed by atoms with Gasteiger partial charge in [0.15, 0.2) is 0 Å². The summed E-state index contributed by atoms with van der Waals surface area (Å²) >= 11 is 0. The average molecular weight is 255 g/mol. The number of nitrogens with two attached hydrogens (primary N) is 1. The molecule has 0 radical (unpaired) electrons. The van der Waals surface area contributed by atoms with Gasteiger partial charge in [0.2, 0.25) is 0 Å². The summed E-state index contributed by atoms with van der Waals surface area (Å²) < 4.78 is 0. The summed E-state index contributed by atoms with van der Waals surface area (Å²) in [4.78, 5) is 5.15. The lowest BCUT2D eigenvalue weighted by atomic mass is 9.90. The molecule has 1 aliphatic rings. The Morgan fingerprint density at radius 1 is 1.22 bits per heavy atom. The molecular weight excluding hydrogens is 222 g/mol. The lowest BCUT2D eigenvalue weighted by molar-refractivity contribution is 0.0153. The van der Waals surface area contributed by atoms with Crippen molar-refractivity contribution in [3.63, 3.8) is 0 Å². The molecule has 0 saturated carbocycles. The largest absolute Gasteiger partial charge is 0.329 e. The number of piperazine rings is 1. The van der Waals surface area contributed by atoms with Gasteiger partial charge in [-0.1, -0.05) is 33.1 Å². The Morgan fingerprint density at radius 3 is 2.50 bits per heavy atom. The van der Waals surface area contributed by atoms with Crippen molar-refractivity contribution in [2.24, 2.45) is 5.73 Å². The van der Waals surface area contributed by atoms with Crippen molar-refractivity contribution in [1.29, 1.82) is 0 Å². The van der Waals surface area contributed by atoms with Crippen LogP contribution in [0.4, 0.5) is 0 Å². The fourth-order valence-electron chi connectivity index (χ4n) is 3.02. The van der Waals surface area contributed by atoms with Gasteiger partial charge in [-0.25, -0.2) is 0 Å². The van der Waals surface area contributed by atoms with Crippen molar-refractivity contribution in [3.05, 3.63) is 0 Å². The van der Waals surface area contributed by atoms with E-state index in [4.69, 9.17) is 5.73 Å². The highest BCUT2D eigenvalue weighted by atomic mass is 15.3. The normalized spacial score (nSPS) is 26.2. The van der Waals surface area contributed by atoms with E-state index in [9.17, 15) is 0 Å². The molecule has 1 rings (SSSR count). The number of nitrogens with zero attached hydrogens (tertiary/aromatic N) is 2. The molecule has 0 aromatic heterocycles. The molecular formula is C15H33N3. The van der Waals surface area contributed by atoms with E-state index in [0.717, 1.165) is 6.54 Å². The topological polar surface area (TPSA) is 32.5 Å². The molecule has 0 aromatic rings. The van der Waals surface area contributed by atoms with Crippen LogP contribution in [0.5, 0.6) is 0 Å². The third-order valence-corrected chi connectivity index (χ3v) is 4.77. The molecule has 0 bridgehead atoms. The first-order chi connectivity index (χ1) is 8.57. The fraction of sp³-hybridized carbons (Fsp3) is 1.00. The lowest BCUT2D eigenvalue weighted by Gasteiger charge is -2.48. The molecule has 2 unspecified atom stereocenters. The van der Waals surface area contributed by atoms with Gasteiger partial charge in [0, 0.05) is 37.8 Å². The van der Waals surface area contributed by atoms with Gasteiger partial charge in [0.05, 0.1) is 0 Å². The highest BCUT2D eigenvalue weighted by molar-refractivity contribution is 4.92. The van der Waals surface area contributed by atoms with Crippen LogP contribution >= 0.6 is 0 Å². The maximum absolute atomic E-state index is 6.09. The van der Waals surface area contributed by atoms with E-state index in [0.29, 0.717) is 6.04 Å². The number of rotatable bonds is 7. The number of hydrogen-bond acceptors (Lipinski definition) is 3. The number of unbranched alkanes of at least 4 members (excludes halogenated alkanes) is 2. The summed E-state index contributed by atoms with van der Waals surface area (Å²) in [6.45, 7) is 11.3. The minimum Gasteiger partial charge on any atom is -0.329 e. The van der Waals surface area contributed by atoms with Crippen LogP contribution < -0.4 is 5.73 Å². The van der Waals surface area contributed by atoms with Crippen LogP contribution in [0.15, 0.2) is 0 Å². The zero-order valence-electron chi connectivity index (χ0n) is 12.9. The molecule has 3 heteroatoms. The van der Waals surface area contributed by atoms with E-state index in [2.05, 4.69) is 37.6 Å². The second-order valence-electron chi connectivity index (χ2n) is 6.15. The Bertz CT molecular complexity index is 232. The Balaban J connectivity index is 2.58. The summed E-state index contributed by atoms with van der Waals surface area (Å²) in [5, 5.41) is 0. The van der Waals surface area contributed by atoms with Gasteiger partial charge < -0.3 is 10.6 Å². The smallest absolute Gasteiger partial charge is 0.0304 e. The van der Waals surface area contributed by atoms with E-state index >= 15 is 0 Å². The van der Waals surface area contributed by atoms with Crippen LogP contribution in [0.2, 0.25) is 0 Å². The molecule has 1 fully saturated rings. The third kappa shape index (κ3) is 3.94. The van der Waals surface area contributed by atoms with Crippen molar-refractivity contribution in [3.8, 4) is 0 Å². The van der Waals surface area contributed by atoms with Crippen molar-refractivity contribution in [2.45, 2.75) is 64.5 Å².